The van der Waals surface area contributed by atoms with Crippen LogP contribution in [0.1, 0.15) is 22.9 Å². The van der Waals surface area contributed by atoms with E-state index >= 15 is 0 Å². The number of amides is 1. The zero-order chi connectivity index (χ0) is 29.1. The average Bonchev–Trinajstić information content (AvgIpc) is 3.42. The van der Waals surface area contributed by atoms with Gasteiger partial charge in [-0.1, -0.05) is 6.07 Å². The zero-order valence-electron chi connectivity index (χ0n) is 22.1. The highest BCUT2D eigenvalue weighted by molar-refractivity contribution is 6.09. The lowest BCUT2D eigenvalue weighted by molar-refractivity contribution is -0.133. The first-order valence-corrected chi connectivity index (χ1v) is 12.7. The van der Waals surface area contributed by atoms with Gasteiger partial charge in [-0.2, -0.15) is 10.4 Å². The molecular weight excluding hydrogens is 530 g/mol. The Morgan fingerprint density at radius 1 is 1.17 bits per heavy atom. The molecule has 1 fully saturated rings. The van der Waals surface area contributed by atoms with Crippen molar-refractivity contribution in [3.63, 3.8) is 0 Å². The van der Waals surface area contributed by atoms with Crippen LogP contribution in [-0.4, -0.2) is 69.8 Å². The van der Waals surface area contributed by atoms with Crippen molar-refractivity contribution in [3.05, 3.63) is 83.6 Å². The molecule has 208 valence electrons. The molecule has 1 aliphatic heterocycles. The number of carbonyl (C=O) groups is 1. The molecule has 0 spiro atoms. The van der Waals surface area contributed by atoms with Gasteiger partial charge in [0.15, 0.2) is 0 Å². The minimum absolute atomic E-state index is 0.0448. The quantitative estimate of drug-likeness (QED) is 0.343. The number of aliphatic imine (C=N–C) groups is 1. The van der Waals surface area contributed by atoms with Crippen LogP contribution in [0.25, 0.3) is 22.3 Å². The smallest absolute Gasteiger partial charge is 0.244 e. The van der Waals surface area contributed by atoms with E-state index in [1.807, 2.05) is 17.0 Å². The topological polar surface area (TPSA) is 155 Å². The normalized spacial score (nSPS) is 15.0. The number of halogens is 2. The summed E-state index contributed by atoms with van der Waals surface area (Å²) in [6.07, 6.45) is 7.80. The van der Waals surface area contributed by atoms with Gasteiger partial charge in [0.05, 0.1) is 23.8 Å². The molecule has 0 saturated carbocycles. The molecule has 4 heterocycles. The molecule has 0 bridgehead atoms. The second kappa shape index (κ2) is 11.5. The fourth-order valence-corrected chi connectivity index (χ4v) is 4.72. The predicted molar refractivity (Wildman–Crippen MR) is 150 cm³/mol. The van der Waals surface area contributed by atoms with Crippen molar-refractivity contribution in [3.8, 4) is 17.3 Å². The van der Waals surface area contributed by atoms with E-state index in [4.69, 9.17) is 16.5 Å². The molecule has 1 saturated heterocycles. The fourth-order valence-electron chi connectivity index (χ4n) is 4.72. The third-order valence-corrected chi connectivity index (χ3v) is 6.86. The van der Waals surface area contributed by atoms with E-state index in [0.29, 0.717) is 71.7 Å². The van der Waals surface area contributed by atoms with Gasteiger partial charge in [0.2, 0.25) is 5.91 Å². The number of nitriles is 1. The Bertz CT molecular complexity index is 1700. The summed E-state index contributed by atoms with van der Waals surface area (Å²) < 4.78 is 29.0. The molecule has 5 rings (SSSR count). The van der Waals surface area contributed by atoms with E-state index in [2.05, 4.69) is 21.1 Å². The van der Waals surface area contributed by atoms with Crippen LogP contribution in [0.5, 0.6) is 0 Å². The summed E-state index contributed by atoms with van der Waals surface area (Å²) >= 11 is 0. The first-order valence-electron chi connectivity index (χ1n) is 12.7. The van der Waals surface area contributed by atoms with Crippen LogP contribution in [0.4, 0.5) is 14.6 Å². The van der Waals surface area contributed by atoms with Crippen molar-refractivity contribution < 1.29 is 13.6 Å². The Balaban J connectivity index is 1.34. The van der Waals surface area contributed by atoms with Crippen molar-refractivity contribution in [2.75, 3.05) is 38.1 Å². The molecule has 11 nitrogen and oxygen atoms in total. The lowest BCUT2D eigenvalue weighted by atomic mass is 10.1. The van der Waals surface area contributed by atoms with Gasteiger partial charge >= 0.3 is 0 Å². The van der Waals surface area contributed by atoms with E-state index in [0.717, 1.165) is 6.07 Å². The summed E-state index contributed by atoms with van der Waals surface area (Å²) in [5, 5.41) is 13.9. The molecule has 3 aromatic heterocycles. The first-order chi connectivity index (χ1) is 19.8. The van der Waals surface area contributed by atoms with Crippen LogP contribution in [0, 0.1) is 23.0 Å². The molecule has 0 aliphatic carbocycles. The number of hydrogen-bond donors (Lipinski definition) is 2. The fraction of sp³-hybridized carbons (Fsp3) is 0.214. The third-order valence-electron chi connectivity index (χ3n) is 6.86. The molecule has 0 radical (unpaired) electrons. The Hall–Kier alpha value is -5.22. The summed E-state index contributed by atoms with van der Waals surface area (Å²) in [6, 6.07) is 7.62. The summed E-state index contributed by atoms with van der Waals surface area (Å²) in [7, 11) is 1.63. The minimum Gasteiger partial charge on any atom is -0.404 e. The number of nitrogens with zero attached hydrogens (tertiary/aromatic N) is 8. The van der Waals surface area contributed by atoms with Gasteiger partial charge in [-0.3, -0.25) is 9.79 Å². The zero-order valence-corrected chi connectivity index (χ0v) is 22.1. The van der Waals surface area contributed by atoms with Crippen LogP contribution in [-0.2, 0) is 4.79 Å². The number of allylic oxidation sites excluding steroid dienone is 1. The maximum Gasteiger partial charge on any atom is 0.244 e. The standard InChI is InChI=1S/C28H26F2N10O/c1-34-13-18(11-31)23-16-40-27(19(12-32)15-36-40)26(37-23)17-2-5-24(35-14-17)38-6-8-39(9-7-38)28(41)25(33)21-4-3-20(29)10-22(21)30/h2-5,10-11,13-16,25H,6-9,31,33H2,1H3. The lowest BCUT2D eigenvalue weighted by Gasteiger charge is -2.36. The first kappa shape index (κ1) is 27.4. The van der Waals surface area contributed by atoms with Crippen molar-refractivity contribution in [1.82, 2.24) is 24.5 Å². The Labute approximate surface area is 234 Å². The number of rotatable bonds is 6. The molecule has 1 aromatic carbocycles. The lowest BCUT2D eigenvalue weighted by Crippen LogP contribution is -2.51. The van der Waals surface area contributed by atoms with Gasteiger partial charge in [-0.15, -0.1) is 0 Å². The van der Waals surface area contributed by atoms with Gasteiger partial charge in [-0.25, -0.2) is 23.3 Å². The second-order valence-corrected chi connectivity index (χ2v) is 9.31. The van der Waals surface area contributed by atoms with Crippen LogP contribution in [0.2, 0.25) is 0 Å². The highest BCUT2D eigenvalue weighted by Gasteiger charge is 2.28. The number of anilines is 1. The van der Waals surface area contributed by atoms with E-state index in [1.54, 1.807) is 35.1 Å². The third kappa shape index (κ3) is 5.32. The molecule has 13 heteroatoms. The number of nitrogens with two attached hydrogens (primary N) is 2. The van der Waals surface area contributed by atoms with Crippen LogP contribution in [0.3, 0.4) is 0 Å². The summed E-state index contributed by atoms with van der Waals surface area (Å²) in [5.41, 5.74) is 15.0. The van der Waals surface area contributed by atoms with Crippen molar-refractivity contribution in [2.45, 2.75) is 6.04 Å². The molecule has 1 amide bonds. The number of hydrogen-bond acceptors (Lipinski definition) is 9. The molecule has 4 aromatic rings. The van der Waals surface area contributed by atoms with Gasteiger partial charge in [0, 0.05) is 74.6 Å². The Morgan fingerprint density at radius 3 is 2.59 bits per heavy atom. The van der Waals surface area contributed by atoms with E-state index in [9.17, 15) is 18.8 Å². The second-order valence-electron chi connectivity index (χ2n) is 9.31. The van der Waals surface area contributed by atoms with Crippen molar-refractivity contribution >= 4 is 29.0 Å². The summed E-state index contributed by atoms with van der Waals surface area (Å²) in [4.78, 5) is 29.9. The van der Waals surface area contributed by atoms with Crippen LogP contribution in [0.15, 0.2) is 60.1 Å². The average molecular weight is 557 g/mol. The van der Waals surface area contributed by atoms with Crippen molar-refractivity contribution in [1.29, 1.82) is 5.26 Å². The van der Waals surface area contributed by atoms with E-state index in [-0.39, 0.29) is 5.56 Å². The van der Waals surface area contributed by atoms with Gasteiger partial charge in [0.1, 0.15) is 40.6 Å². The van der Waals surface area contributed by atoms with E-state index in [1.165, 1.54) is 18.5 Å². The van der Waals surface area contributed by atoms with Crippen LogP contribution < -0.4 is 16.4 Å². The Morgan fingerprint density at radius 2 is 1.95 bits per heavy atom. The molecule has 41 heavy (non-hydrogen) atoms. The monoisotopic (exact) mass is 556 g/mol. The molecule has 4 N–H and O–H groups in total. The number of piperazine rings is 1. The molecular formula is C28H26F2N10O. The molecule has 1 unspecified atom stereocenters. The van der Waals surface area contributed by atoms with E-state index < -0.39 is 23.6 Å². The van der Waals surface area contributed by atoms with Gasteiger partial charge in [-0.05, 0) is 18.2 Å². The SMILES string of the molecule is CN=CC(=CN)c1cn2ncc(C#N)c2c(-c2ccc(N3CCN(C(=O)C(N)c4ccc(F)cc4F)CC3)nc2)n1. The number of pyridine rings is 1. The van der Waals surface area contributed by atoms with Gasteiger partial charge in [0.25, 0.3) is 0 Å². The maximum atomic E-state index is 14.1. The molecule has 1 atom stereocenters. The van der Waals surface area contributed by atoms with Gasteiger partial charge < -0.3 is 21.3 Å². The summed E-state index contributed by atoms with van der Waals surface area (Å²) in [5.74, 6) is -1.32. The highest BCUT2D eigenvalue weighted by Crippen LogP contribution is 2.28. The van der Waals surface area contributed by atoms with Crippen LogP contribution >= 0.6 is 0 Å². The number of carbonyl (C=O) groups excluding carboxylic acids is 1. The number of benzene rings is 1. The summed E-state index contributed by atoms with van der Waals surface area (Å²) in [6.45, 7) is 1.68. The highest BCUT2D eigenvalue weighted by atomic mass is 19.1. The largest absolute Gasteiger partial charge is 0.404 e. The predicted octanol–water partition coefficient (Wildman–Crippen LogP) is 2.29. The minimum atomic E-state index is -1.22. The van der Waals surface area contributed by atoms with Crippen molar-refractivity contribution in [2.24, 2.45) is 16.5 Å². The maximum absolute atomic E-state index is 14.1. The number of fused-ring (bicyclic) bond motifs is 1. The number of aromatic nitrogens is 4. The Kier molecular flexibility index (Phi) is 7.66. The molecule has 1 aliphatic rings.